The van der Waals surface area contributed by atoms with E-state index in [1.807, 2.05) is 20.8 Å². The first-order valence-electron chi connectivity index (χ1n) is 5.19. The van der Waals surface area contributed by atoms with Crippen molar-refractivity contribution in [1.82, 2.24) is 10.4 Å². The lowest BCUT2D eigenvalue weighted by atomic mass is 10.2. The third kappa shape index (κ3) is 3.24. The minimum absolute atomic E-state index is 0.194. The Labute approximate surface area is 99.1 Å². The predicted molar refractivity (Wildman–Crippen MR) is 62.9 cm³/mol. The highest BCUT2D eigenvalue weighted by Crippen LogP contribution is 2.27. The maximum atomic E-state index is 11.5. The molecular weight excluding hydrogens is 226 g/mol. The molecule has 1 unspecified atom stereocenters. The lowest BCUT2D eigenvalue weighted by molar-refractivity contribution is -0.120. The SMILES string of the molecule is CCCC(Sc1nc(C)c(C)o1)C(=O)NN. The summed E-state index contributed by atoms with van der Waals surface area (Å²) in [4.78, 5) is 15.7. The summed E-state index contributed by atoms with van der Waals surface area (Å²) in [6.07, 6.45) is 1.65. The van der Waals surface area contributed by atoms with Crippen molar-refractivity contribution in [1.29, 1.82) is 0 Å². The zero-order valence-corrected chi connectivity index (χ0v) is 10.6. The summed E-state index contributed by atoms with van der Waals surface area (Å²) >= 11 is 1.31. The van der Waals surface area contributed by atoms with E-state index in [1.54, 1.807) is 0 Å². The number of aryl methyl sites for hydroxylation is 2. The van der Waals surface area contributed by atoms with Crippen LogP contribution in [0, 0.1) is 13.8 Å². The number of nitrogens with zero attached hydrogens (tertiary/aromatic N) is 1. The number of hydrazine groups is 1. The van der Waals surface area contributed by atoms with Gasteiger partial charge < -0.3 is 4.42 Å². The highest BCUT2D eigenvalue weighted by atomic mass is 32.2. The summed E-state index contributed by atoms with van der Waals surface area (Å²) in [6, 6.07) is 0. The minimum Gasteiger partial charge on any atom is -0.437 e. The number of carbonyl (C=O) groups excluding carboxylic acids is 1. The van der Waals surface area contributed by atoms with Gasteiger partial charge in [-0.15, -0.1) is 0 Å². The molecule has 1 atom stereocenters. The average Bonchev–Trinajstić information content (AvgIpc) is 2.56. The van der Waals surface area contributed by atoms with Gasteiger partial charge >= 0.3 is 0 Å². The summed E-state index contributed by atoms with van der Waals surface area (Å²) in [5, 5.41) is 0.282. The number of amides is 1. The van der Waals surface area contributed by atoms with E-state index in [0.29, 0.717) is 5.22 Å². The van der Waals surface area contributed by atoms with E-state index in [0.717, 1.165) is 24.3 Å². The van der Waals surface area contributed by atoms with Gasteiger partial charge in [-0.25, -0.2) is 10.8 Å². The summed E-state index contributed by atoms with van der Waals surface area (Å²) in [5.74, 6) is 5.72. The molecule has 0 bridgehead atoms. The summed E-state index contributed by atoms with van der Waals surface area (Å²) in [6.45, 7) is 5.74. The summed E-state index contributed by atoms with van der Waals surface area (Å²) < 4.78 is 5.42. The van der Waals surface area contributed by atoms with Gasteiger partial charge in [0.15, 0.2) is 0 Å². The smallest absolute Gasteiger partial charge is 0.256 e. The van der Waals surface area contributed by atoms with Crippen molar-refractivity contribution in [3.05, 3.63) is 11.5 Å². The number of carbonyl (C=O) groups is 1. The van der Waals surface area contributed by atoms with Crippen LogP contribution >= 0.6 is 11.8 Å². The molecule has 0 saturated carbocycles. The van der Waals surface area contributed by atoms with Crippen molar-refractivity contribution in [3.63, 3.8) is 0 Å². The second-order valence-electron chi connectivity index (χ2n) is 3.53. The lowest BCUT2D eigenvalue weighted by Crippen LogP contribution is -2.37. The zero-order chi connectivity index (χ0) is 12.1. The second-order valence-corrected chi connectivity index (χ2v) is 4.68. The van der Waals surface area contributed by atoms with Crippen molar-refractivity contribution in [2.45, 2.75) is 44.1 Å². The van der Waals surface area contributed by atoms with Crippen LogP contribution in [0.15, 0.2) is 9.64 Å². The van der Waals surface area contributed by atoms with Crippen molar-refractivity contribution >= 4 is 17.7 Å². The molecule has 0 saturated heterocycles. The van der Waals surface area contributed by atoms with Crippen LogP contribution in [-0.4, -0.2) is 16.1 Å². The lowest BCUT2D eigenvalue weighted by Gasteiger charge is -2.10. The van der Waals surface area contributed by atoms with Gasteiger partial charge in [-0.05, 0) is 20.3 Å². The number of hydrogen-bond acceptors (Lipinski definition) is 5. The van der Waals surface area contributed by atoms with E-state index in [9.17, 15) is 4.79 Å². The Morgan fingerprint density at radius 1 is 1.62 bits per heavy atom. The molecule has 1 aromatic rings. The molecule has 0 spiro atoms. The van der Waals surface area contributed by atoms with Crippen LogP contribution < -0.4 is 11.3 Å². The Balaban J connectivity index is 2.71. The Morgan fingerprint density at radius 2 is 2.31 bits per heavy atom. The fourth-order valence-corrected chi connectivity index (χ4v) is 2.35. The molecule has 1 aromatic heterocycles. The van der Waals surface area contributed by atoms with Crippen LogP contribution in [0.4, 0.5) is 0 Å². The fourth-order valence-electron chi connectivity index (χ4n) is 1.21. The molecule has 0 aromatic carbocycles. The summed E-state index contributed by atoms with van der Waals surface area (Å²) in [7, 11) is 0. The normalized spacial score (nSPS) is 12.5. The van der Waals surface area contributed by atoms with Gasteiger partial charge in [-0.1, -0.05) is 25.1 Å². The van der Waals surface area contributed by atoms with Crippen molar-refractivity contribution in [3.8, 4) is 0 Å². The molecule has 0 aliphatic carbocycles. The van der Waals surface area contributed by atoms with E-state index < -0.39 is 0 Å². The van der Waals surface area contributed by atoms with E-state index >= 15 is 0 Å². The fraction of sp³-hybridized carbons (Fsp3) is 0.600. The molecule has 1 amide bonds. The van der Waals surface area contributed by atoms with Gasteiger partial charge in [0.2, 0.25) is 5.91 Å². The van der Waals surface area contributed by atoms with Gasteiger partial charge in [-0.3, -0.25) is 10.2 Å². The number of nitrogens with two attached hydrogens (primary N) is 1. The van der Waals surface area contributed by atoms with Crippen LogP contribution in [-0.2, 0) is 4.79 Å². The van der Waals surface area contributed by atoms with Crippen molar-refractivity contribution in [2.75, 3.05) is 0 Å². The molecule has 0 aliphatic rings. The van der Waals surface area contributed by atoms with Gasteiger partial charge in [-0.2, -0.15) is 0 Å². The zero-order valence-electron chi connectivity index (χ0n) is 9.74. The molecule has 6 heteroatoms. The van der Waals surface area contributed by atoms with Crippen LogP contribution in [0.25, 0.3) is 0 Å². The first-order chi connectivity index (χ1) is 7.58. The van der Waals surface area contributed by atoms with E-state index in [4.69, 9.17) is 10.3 Å². The quantitative estimate of drug-likeness (QED) is 0.355. The monoisotopic (exact) mass is 243 g/mol. The van der Waals surface area contributed by atoms with Crippen molar-refractivity contribution < 1.29 is 9.21 Å². The third-order valence-electron chi connectivity index (χ3n) is 2.24. The molecule has 0 fully saturated rings. The highest BCUT2D eigenvalue weighted by molar-refractivity contribution is 8.00. The number of nitrogens with one attached hydrogen (secondary N) is 1. The Bertz CT molecular complexity index is 345. The van der Waals surface area contributed by atoms with E-state index in [2.05, 4.69) is 10.4 Å². The molecule has 1 heterocycles. The minimum atomic E-state index is -0.243. The molecular formula is C10H17N3O2S. The molecule has 0 radical (unpaired) electrons. The summed E-state index contributed by atoms with van der Waals surface area (Å²) in [5.41, 5.74) is 3.02. The molecule has 1 rings (SSSR count). The first kappa shape index (κ1) is 13.1. The predicted octanol–water partition coefficient (Wildman–Crippen LogP) is 1.54. The molecule has 16 heavy (non-hydrogen) atoms. The van der Waals surface area contributed by atoms with Gasteiger partial charge in [0, 0.05) is 0 Å². The number of oxazole rings is 1. The molecule has 3 N–H and O–H groups in total. The standard InChI is InChI=1S/C10H17N3O2S/c1-4-5-8(9(14)13-11)16-10-12-6(2)7(3)15-10/h8H,4-5,11H2,1-3H3,(H,13,14). The maximum Gasteiger partial charge on any atom is 0.256 e. The average molecular weight is 243 g/mol. The van der Waals surface area contributed by atoms with Crippen LogP contribution in [0.3, 0.4) is 0 Å². The first-order valence-corrected chi connectivity index (χ1v) is 6.07. The van der Waals surface area contributed by atoms with Crippen LogP contribution in [0.1, 0.15) is 31.2 Å². The highest BCUT2D eigenvalue weighted by Gasteiger charge is 2.21. The molecule has 90 valence electrons. The Kier molecular flexibility index (Phi) is 4.82. The van der Waals surface area contributed by atoms with Gasteiger partial charge in [0.05, 0.1) is 10.9 Å². The molecule has 0 aliphatic heterocycles. The number of thioether (sulfide) groups is 1. The van der Waals surface area contributed by atoms with Gasteiger partial charge in [0.25, 0.3) is 5.22 Å². The van der Waals surface area contributed by atoms with Crippen molar-refractivity contribution in [2.24, 2.45) is 5.84 Å². The Morgan fingerprint density at radius 3 is 2.75 bits per heavy atom. The number of aromatic nitrogens is 1. The topological polar surface area (TPSA) is 81.2 Å². The van der Waals surface area contributed by atoms with Crippen LogP contribution in [0.2, 0.25) is 0 Å². The number of hydrogen-bond donors (Lipinski definition) is 2. The van der Waals surface area contributed by atoms with E-state index in [1.165, 1.54) is 11.8 Å². The number of rotatable bonds is 5. The second kappa shape index (κ2) is 5.91. The third-order valence-corrected chi connectivity index (χ3v) is 3.35. The van der Waals surface area contributed by atoms with E-state index in [-0.39, 0.29) is 11.2 Å². The largest absolute Gasteiger partial charge is 0.437 e. The molecule has 5 nitrogen and oxygen atoms in total. The van der Waals surface area contributed by atoms with Crippen LogP contribution in [0.5, 0.6) is 0 Å². The maximum absolute atomic E-state index is 11.5. The van der Waals surface area contributed by atoms with Gasteiger partial charge in [0.1, 0.15) is 5.76 Å². The Hall–Kier alpha value is -1.01.